The third-order valence-electron chi connectivity index (χ3n) is 1.06. The van der Waals surface area contributed by atoms with Crippen LogP contribution in [0, 0.1) is 5.92 Å². The minimum absolute atomic E-state index is 0.163. The maximum absolute atomic E-state index is 11.1. The van der Waals surface area contributed by atoms with E-state index in [2.05, 4.69) is 0 Å². The zero-order chi connectivity index (χ0) is 9.07. The molecule has 0 aliphatic rings. The molecule has 0 aliphatic carbocycles. The Hall–Kier alpha value is -0.180. The number of ether oxygens (including phenoxy) is 1. The van der Waals surface area contributed by atoms with Gasteiger partial charge in [-0.3, -0.25) is 4.79 Å². The average molecular weight is 175 g/mol. The summed E-state index contributed by atoms with van der Waals surface area (Å²) in [6.45, 7) is 7.32. The fraction of sp³-hybridized carbons (Fsp3) is 0.875. The molecule has 2 nitrogen and oxygen atoms in total. The molecule has 1 atom stereocenters. The lowest BCUT2D eigenvalue weighted by atomic mass is 10.1. The predicted molar refractivity (Wildman–Crippen MR) is 47.5 cm³/mol. The van der Waals surface area contributed by atoms with Crippen molar-refractivity contribution in [1.29, 1.82) is 0 Å². The molecule has 0 N–H and O–H groups in total. The van der Waals surface area contributed by atoms with Gasteiger partial charge in [0.25, 0.3) is 0 Å². The second-order valence-electron chi connectivity index (χ2n) is 3.60. The van der Waals surface area contributed by atoms with E-state index < -0.39 is 5.60 Å². The number of esters is 1. The molecule has 0 rings (SSSR count). The molecule has 1 unspecified atom stereocenters. The quantitative estimate of drug-likeness (QED) is 0.601. The number of carbonyl (C=O) groups excluding carboxylic acids is 1. The molecule has 0 bridgehead atoms. The van der Waals surface area contributed by atoms with Gasteiger partial charge in [0.05, 0.1) is 5.92 Å². The van der Waals surface area contributed by atoms with E-state index in [4.69, 9.17) is 17.4 Å². The van der Waals surface area contributed by atoms with E-state index in [-0.39, 0.29) is 11.9 Å². The van der Waals surface area contributed by atoms with Crippen molar-refractivity contribution in [2.24, 2.45) is 5.92 Å². The van der Waals surface area contributed by atoms with Gasteiger partial charge in [0.2, 0.25) is 0 Å². The van der Waals surface area contributed by atoms with Crippen LogP contribution in [0.4, 0.5) is 0 Å². The third kappa shape index (κ3) is 5.13. The van der Waals surface area contributed by atoms with Crippen molar-refractivity contribution >= 4 is 18.6 Å². The van der Waals surface area contributed by atoms with Crippen LogP contribution in [-0.4, -0.2) is 17.3 Å². The molecule has 0 saturated heterocycles. The van der Waals surface area contributed by atoms with Crippen LogP contribution in [0.5, 0.6) is 0 Å². The highest BCUT2D eigenvalue weighted by atomic mass is 32.1. The van der Waals surface area contributed by atoms with Crippen LogP contribution in [0.15, 0.2) is 0 Å². The Bertz CT molecular complexity index is 138. The molecule has 0 spiro atoms. The van der Waals surface area contributed by atoms with Gasteiger partial charge in [-0.25, -0.2) is 0 Å². The molecule has 0 amide bonds. The molecule has 0 aliphatic heterocycles. The fourth-order valence-corrected chi connectivity index (χ4v) is 0.606. The minimum Gasteiger partial charge on any atom is -0.460 e. The molecule has 0 aromatic rings. The summed E-state index contributed by atoms with van der Waals surface area (Å²) in [7, 11) is 0. The summed E-state index contributed by atoms with van der Waals surface area (Å²) in [4.78, 5) is 11.1. The van der Waals surface area contributed by atoms with Gasteiger partial charge in [0.1, 0.15) is 5.60 Å². The van der Waals surface area contributed by atoms with E-state index in [0.717, 1.165) is 0 Å². The number of hydrogen-bond acceptors (Lipinski definition) is 2. The maximum Gasteiger partial charge on any atom is 0.310 e. The molecule has 3 heteroatoms. The Morgan fingerprint density at radius 1 is 1.55 bits per heavy atom. The Labute approximate surface area is 73.7 Å². The molecule has 0 saturated carbocycles. The Kier molecular flexibility index (Phi) is 3.93. The van der Waals surface area contributed by atoms with Gasteiger partial charge in [0, 0.05) is 5.75 Å². The topological polar surface area (TPSA) is 26.3 Å². The lowest BCUT2D eigenvalue weighted by molar-refractivity contribution is -0.158. The largest absolute Gasteiger partial charge is 0.460 e. The molecular weight excluding hydrogens is 160 g/mol. The predicted octanol–water partition coefficient (Wildman–Crippen LogP) is 2.16. The van der Waals surface area contributed by atoms with Crippen molar-refractivity contribution in [2.75, 3.05) is 5.75 Å². The Balaban J connectivity index is 3.88. The van der Waals surface area contributed by atoms with Crippen LogP contribution in [0.1, 0.15) is 27.7 Å². The van der Waals surface area contributed by atoms with E-state index in [1.165, 1.54) is 0 Å². The zero-order valence-electron chi connectivity index (χ0n) is 7.51. The monoisotopic (exact) mass is 175 g/mol. The van der Waals surface area contributed by atoms with Crippen molar-refractivity contribution in [3.63, 3.8) is 0 Å². The van der Waals surface area contributed by atoms with Crippen LogP contribution in [0.25, 0.3) is 0 Å². The Morgan fingerprint density at radius 2 is 2.00 bits per heavy atom. The maximum atomic E-state index is 11.1. The second-order valence-corrected chi connectivity index (χ2v) is 3.93. The molecule has 0 fully saturated rings. The fourth-order valence-electron chi connectivity index (χ4n) is 0.470. The van der Waals surface area contributed by atoms with Gasteiger partial charge < -0.3 is 4.74 Å². The normalized spacial score (nSPS) is 14.3. The van der Waals surface area contributed by atoms with Crippen LogP contribution >= 0.6 is 12.6 Å². The van der Waals surface area contributed by atoms with Gasteiger partial charge in [-0.15, -0.1) is 0 Å². The molecule has 0 heterocycles. The first kappa shape index (κ1) is 10.8. The van der Waals surface area contributed by atoms with E-state index in [1.807, 2.05) is 20.8 Å². The smallest absolute Gasteiger partial charge is 0.310 e. The Morgan fingerprint density at radius 3 is 2.27 bits per heavy atom. The molecule has 65 valence electrons. The van der Waals surface area contributed by atoms with Gasteiger partial charge >= 0.3 is 5.97 Å². The summed E-state index contributed by atoms with van der Waals surface area (Å²) in [5, 5.41) is 0. The molecule has 1 radical (unpaired) electrons. The van der Waals surface area contributed by atoms with Crippen molar-refractivity contribution in [1.82, 2.24) is 0 Å². The van der Waals surface area contributed by atoms with Gasteiger partial charge in [0.15, 0.2) is 0 Å². The minimum atomic E-state index is -0.393. The van der Waals surface area contributed by atoms with Gasteiger partial charge in [-0.1, -0.05) is 19.6 Å². The molecule has 0 aromatic carbocycles. The summed E-state index contributed by atoms with van der Waals surface area (Å²) in [5.41, 5.74) is -0.393. The van der Waals surface area contributed by atoms with E-state index in [9.17, 15) is 4.79 Å². The average Bonchev–Trinajstić information content (AvgIpc) is 1.82. The van der Waals surface area contributed by atoms with Gasteiger partial charge in [-0.05, 0) is 20.8 Å². The highest BCUT2D eigenvalue weighted by molar-refractivity contribution is 7.80. The summed E-state index contributed by atoms with van der Waals surface area (Å²) < 4.78 is 5.08. The van der Waals surface area contributed by atoms with Crippen LogP contribution < -0.4 is 0 Å². The summed E-state index contributed by atoms with van der Waals surface area (Å²) in [5.74, 6) is 0.0614. The number of hydrogen-bond donors (Lipinski definition) is 0. The zero-order valence-corrected chi connectivity index (χ0v) is 8.33. The van der Waals surface area contributed by atoms with Crippen molar-refractivity contribution in [3.05, 3.63) is 0 Å². The SMILES string of the molecule is CC(C[S])C(=O)OC(C)(C)C. The van der Waals surface area contributed by atoms with E-state index in [1.54, 1.807) is 6.92 Å². The van der Waals surface area contributed by atoms with Crippen molar-refractivity contribution in [2.45, 2.75) is 33.3 Å². The van der Waals surface area contributed by atoms with E-state index >= 15 is 0 Å². The highest BCUT2D eigenvalue weighted by Gasteiger charge is 2.20. The summed E-state index contributed by atoms with van der Waals surface area (Å²) in [6.07, 6.45) is 0. The summed E-state index contributed by atoms with van der Waals surface area (Å²) in [6, 6.07) is 0. The van der Waals surface area contributed by atoms with Crippen LogP contribution in [-0.2, 0) is 9.53 Å². The standard InChI is InChI=1S/C8H15O2S/c1-6(5-11)7(9)10-8(2,3)4/h6H,5H2,1-4H3. The molecule has 11 heavy (non-hydrogen) atoms. The first-order valence-corrected chi connectivity index (χ1v) is 4.25. The van der Waals surface area contributed by atoms with Crippen molar-refractivity contribution in [3.8, 4) is 0 Å². The van der Waals surface area contributed by atoms with E-state index in [0.29, 0.717) is 5.75 Å². The first-order chi connectivity index (χ1) is 4.87. The second kappa shape index (κ2) is 4.00. The lowest BCUT2D eigenvalue weighted by Crippen LogP contribution is -2.28. The summed E-state index contributed by atoms with van der Waals surface area (Å²) >= 11 is 4.74. The number of rotatable bonds is 2. The van der Waals surface area contributed by atoms with Crippen LogP contribution in [0.3, 0.4) is 0 Å². The van der Waals surface area contributed by atoms with Crippen LogP contribution in [0.2, 0.25) is 0 Å². The van der Waals surface area contributed by atoms with Gasteiger partial charge in [-0.2, -0.15) is 0 Å². The highest BCUT2D eigenvalue weighted by Crippen LogP contribution is 2.11. The first-order valence-electron chi connectivity index (χ1n) is 3.68. The number of carbonyl (C=O) groups is 1. The van der Waals surface area contributed by atoms with Crippen molar-refractivity contribution < 1.29 is 9.53 Å². The lowest BCUT2D eigenvalue weighted by Gasteiger charge is -2.21. The molecule has 0 aromatic heterocycles. The molecular formula is C8H15O2S. The third-order valence-corrected chi connectivity index (χ3v) is 1.56.